The highest BCUT2D eigenvalue weighted by Gasteiger charge is 2.30. The molecule has 1 aliphatic rings. The predicted octanol–water partition coefficient (Wildman–Crippen LogP) is 1.03. The van der Waals surface area contributed by atoms with E-state index in [1.54, 1.807) is 0 Å². The van der Waals surface area contributed by atoms with Gasteiger partial charge in [0.25, 0.3) is 0 Å². The number of nitrogens with zero attached hydrogens (tertiary/aromatic N) is 1. The van der Waals surface area contributed by atoms with Gasteiger partial charge >= 0.3 is 5.97 Å². The number of likely N-dealkylation sites (tertiary alicyclic amines) is 1. The minimum Gasteiger partial charge on any atom is -0.468 e. The second kappa shape index (κ2) is 6.37. The van der Waals surface area contributed by atoms with Crippen LogP contribution in [0.3, 0.4) is 0 Å². The van der Waals surface area contributed by atoms with Gasteiger partial charge in [-0.1, -0.05) is 27.7 Å². The summed E-state index contributed by atoms with van der Waals surface area (Å²) in [4.78, 5) is 25.4. The van der Waals surface area contributed by atoms with Crippen molar-refractivity contribution in [3.63, 3.8) is 0 Å². The maximum Gasteiger partial charge on any atom is 0.319 e. The van der Waals surface area contributed by atoms with Crippen LogP contribution in [-0.2, 0) is 14.3 Å². The number of hydrogen-bond donors (Lipinski definition) is 1. The lowest BCUT2D eigenvalue weighted by molar-refractivity contribution is -0.142. The molecule has 1 aliphatic heterocycles. The number of amides is 1. The zero-order valence-corrected chi connectivity index (χ0v) is 12.7. The van der Waals surface area contributed by atoms with Crippen molar-refractivity contribution in [1.82, 2.24) is 10.2 Å². The Bertz CT molecular complexity index is 336. The summed E-state index contributed by atoms with van der Waals surface area (Å²) < 4.78 is 4.69. The number of carbonyl (C=O) groups is 2. The largest absolute Gasteiger partial charge is 0.468 e. The van der Waals surface area contributed by atoms with Gasteiger partial charge in [-0.3, -0.25) is 14.5 Å². The molecule has 0 aromatic heterocycles. The molecule has 1 amide bonds. The topological polar surface area (TPSA) is 58.6 Å². The Morgan fingerprint density at radius 3 is 2.47 bits per heavy atom. The summed E-state index contributed by atoms with van der Waals surface area (Å²) in [6, 6.07) is 0.111. The summed E-state index contributed by atoms with van der Waals surface area (Å²) >= 11 is 0. The third kappa shape index (κ3) is 5.19. The van der Waals surface area contributed by atoms with Crippen LogP contribution >= 0.6 is 0 Å². The smallest absolute Gasteiger partial charge is 0.319 e. The van der Waals surface area contributed by atoms with E-state index in [9.17, 15) is 9.59 Å². The van der Waals surface area contributed by atoms with Crippen molar-refractivity contribution in [1.29, 1.82) is 0 Å². The van der Waals surface area contributed by atoms with E-state index in [1.165, 1.54) is 7.11 Å². The molecular formula is C14H26N2O3. The van der Waals surface area contributed by atoms with Crippen LogP contribution in [0, 0.1) is 11.3 Å². The third-order valence-electron chi connectivity index (χ3n) is 3.33. The molecule has 0 spiro atoms. The van der Waals surface area contributed by atoms with Gasteiger partial charge in [0.15, 0.2) is 0 Å². The number of hydrogen-bond acceptors (Lipinski definition) is 4. The Labute approximate surface area is 115 Å². The van der Waals surface area contributed by atoms with Crippen molar-refractivity contribution in [3.8, 4) is 0 Å². The Morgan fingerprint density at radius 2 is 1.95 bits per heavy atom. The van der Waals surface area contributed by atoms with Gasteiger partial charge in [0.1, 0.15) is 0 Å². The fraction of sp³-hybridized carbons (Fsp3) is 0.857. The molecule has 0 radical (unpaired) electrons. The third-order valence-corrected chi connectivity index (χ3v) is 3.33. The molecule has 0 aliphatic carbocycles. The second-order valence-electron chi connectivity index (χ2n) is 6.53. The number of carbonyl (C=O) groups excluding carboxylic acids is 2. The molecule has 5 nitrogen and oxygen atoms in total. The van der Waals surface area contributed by atoms with Crippen LogP contribution < -0.4 is 5.32 Å². The molecular weight excluding hydrogens is 244 g/mol. The molecule has 5 heteroatoms. The number of ether oxygens (including phenoxy) is 1. The Hall–Kier alpha value is -1.10. The number of nitrogens with one attached hydrogen (secondary N) is 1. The molecule has 1 saturated heterocycles. The summed E-state index contributed by atoms with van der Waals surface area (Å²) in [6.45, 7) is 9.73. The van der Waals surface area contributed by atoms with E-state index in [-0.39, 0.29) is 23.3 Å². The summed E-state index contributed by atoms with van der Waals surface area (Å²) in [5.74, 6) is 0.295. The van der Waals surface area contributed by atoms with E-state index in [4.69, 9.17) is 4.74 Å². The van der Waals surface area contributed by atoms with Crippen molar-refractivity contribution in [2.75, 3.05) is 26.7 Å². The van der Waals surface area contributed by atoms with Gasteiger partial charge in [0.05, 0.1) is 13.7 Å². The van der Waals surface area contributed by atoms with Crippen LogP contribution in [0.2, 0.25) is 0 Å². The van der Waals surface area contributed by atoms with E-state index in [0.717, 1.165) is 13.0 Å². The van der Waals surface area contributed by atoms with Crippen LogP contribution in [0.25, 0.3) is 0 Å². The molecule has 1 heterocycles. The fourth-order valence-electron chi connectivity index (χ4n) is 2.34. The molecule has 0 aromatic rings. The first kappa shape index (κ1) is 16.0. The van der Waals surface area contributed by atoms with Crippen molar-refractivity contribution < 1.29 is 14.3 Å². The first-order valence-electron chi connectivity index (χ1n) is 6.82. The van der Waals surface area contributed by atoms with Crippen LogP contribution in [0.1, 0.15) is 34.1 Å². The van der Waals surface area contributed by atoms with Crippen LogP contribution in [0.4, 0.5) is 0 Å². The Balaban J connectivity index is 2.55. The minimum absolute atomic E-state index is 0.0598. The van der Waals surface area contributed by atoms with E-state index in [1.807, 2.05) is 25.7 Å². The number of piperidine rings is 1. The van der Waals surface area contributed by atoms with Gasteiger partial charge in [0, 0.05) is 24.5 Å². The molecule has 2 atom stereocenters. The lowest BCUT2D eigenvalue weighted by Gasteiger charge is -2.37. The van der Waals surface area contributed by atoms with Crippen LogP contribution in [0.15, 0.2) is 0 Å². The van der Waals surface area contributed by atoms with Crippen molar-refractivity contribution in [2.45, 2.75) is 40.2 Å². The highest BCUT2D eigenvalue weighted by molar-refractivity contribution is 5.81. The van der Waals surface area contributed by atoms with E-state index < -0.39 is 0 Å². The monoisotopic (exact) mass is 270 g/mol. The van der Waals surface area contributed by atoms with Gasteiger partial charge in [-0.2, -0.15) is 0 Å². The minimum atomic E-state index is -0.381. The molecule has 1 fully saturated rings. The first-order chi connectivity index (χ1) is 8.72. The summed E-state index contributed by atoms with van der Waals surface area (Å²) in [5, 5.41) is 3.08. The lowest BCUT2D eigenvalue weighted by atomic mass is 9.92. The van der Waals surface area contributed by atoms with Gasteiger partial charge < -0.3 is 10.1 Å². The SMILES string of the molecule is COC(=O)CN1CC(C)CC(NC(=O)C(C)(C)C)C1. The normalized spacial score (nSPS) is 24.9. The van der Waals surface area contributed by atoms with Gasteiger partial charge in [0.2, 0.25) is 5.91 Å². The average molecular weight is 270 g/mol. The van der Waals surface area contributed by atoms with Crippen LogP contribution in [0.5, 0.6) is 0 Å². The summed E-state index contributed by atoms with van der Waals surface area (Å²) in [7, 11) is 1.40. The van der Waals surface area contributed by atoms with Crippen molar-refractivity contribution in [2.24, 2.45) is 11.3 Å². The summed E-state index contributed by atoms with van der Waals surface area (Å²) in [5.41, 5.74) is -0.381. The number of methoxy groups -OCH3 is 1. The standard InChI is InChI=1S/C14H26N2O3/c1-10-6-11(15-13(18)14(2,3)4)8-16(7-10)9-12(17)19-5/h10-11H,6-9H2,1-5H3,(H,15,18). The zero-order valence-electron chi connectivity index (χ0n) is 12.7. The quantitative estimate of drug-likeness (QED) is 0.778. The lowest BCUT2D eigenvalue weighted by Crippen LogP contribution is -2.53. The highest BCUT2D eigenvalue weighted by Crippen LogP contribution is 2.19. The van der Waals surface area contributed by atoms with E-state index in [2.05, 4.69) is 12.2 Å². The Morgan fingerprint density at radius 1 is 1.32 bits per heavy atom. The maximum absolute atomic E-state index is 12.0. The fourth-order valence-corrected chi connectivity index (χ4v) is 2.34. The molecule has 2 unspecified atom stereocenters. The van der Waals surface area contributed by atoms with Crippen molar-refractivity contribution in [3.05, 3.63) is 0 Å². The highest BCUT2D eigenvalue weighted by atomic mass is 16.5. The van der Waals surface area contributed by atoms with Gasteiger partial charge in [-0.15, -0.1) is 0 Å². The first-order valence-corrected chi connectivity index (χ1v) is 6.82. The average Bonchev–Trinajstić information content (AvgIpc) is 2.26. The number of rotatable bonds is 3. The molecule has 0 saturated carbocycles. The predicted molar refractivity (Wildman–Crippen MR) is 73.6 cm³/mol. The van der Waals surface area contributed by atoms with E-state index >= 15 is 0 Å². The van der Waals surface area contributed by atoms with Gasteiger partial charge in [-0.05, 0) is 12.3 Å². The second-order valence-corrected chi connectivity index (χ2v) is 6.53. The molecule has 19 heavy (non-hydrogen) atoms. The molecule has 1 rings (SSSR count). The number of esters is 1. The molecule has 0 bridgehead atoms. The van der Waals surface area contributed by atoms with Crippen molar-refractivity contribution >= 4 is 11.9 Å². The van der Waals surface area contributed by atoms with E-state index in [0.29, 0.717) is 19.0 Å². The van der Waals surface area contributed by atoms with Gasteiger partial charge in [-0.25, -0.2) is 0 Å². The molecule has 1 N–H and O–H groups in total. The molecule has 0 aromatic carbocycles. The Kier molecular flexibility index (Phi) is 5.35. The van der Waals surface area contributed by atoms with Crippen LogP contribution in [-0.4, -0.2) is 49.6 Å². The summed E-state index contributed by atoms with van der Waals surface area (Å²) in [6.07, 6.45) is 0.958. The maximum atomic E-state index is 12.0. The molecule has 110 valence electrons. The zero-order chi connectivity index (χ0) is 14.6.